The first-order chi connectivity index (χ1) is 9.85. The highest BCUT2D eigenvalue weighted by Crippen LogP contribution is 2.40. The molecule has 0 saturated carbocycles. The Bertz CT molecular complexity index is 475. The zero-order valence-electron chi connectivity index (χ0n) is 13.3. The lowest BCUT2D eigenvalue weighted by molar-refractivity contribution is 0.263. The van der Waals surface area contributed by atoms with Crippen LogP contribution < -0.4 is 24.7 Å². The van der Waals surface area contributed by atoms with E-state index in [0.29, 0.717) is 36.0 Å². The van der Waals surface area contributed by atoms with Crippen molar-refractivity contribution in [2.24, 2.45) is 11.1 Å². The number of benzene rings is 1. The highest BCUT2D eigenvalue weighted by molar-refractivity contribution is 5.82. The highest BCUT2D eigenvalue weighted by atomic mass is 16.5. The van der Waals surface area contributed by atoms with Gasteiger partial charge in [-0.3, -0.25) is 5.41 Å². The average Bonchev–Trinajstić information content (AvgIpc) is 2.45. The second kappa shape index (κ2) is 7.06. The van der Waals surface area contributed by atoms with Gasteiger partial charge in [0.05, 0.1) is 33.8 Å². The van der Waals surface area contributed by atoms with Gasteiger partial charge in [0.25, 0.3) is 0 Å². The maximum Gasteiger partial charge on any atom is 0.203 e. The molecule has 0 unspecified atom stereocenters. The summed E-state index contributed by atoms with van der Waals surface area (Å²) in [6, 6.07) is 3.48. The number of hydrogen-bond donors (Lipinski definition) is 2. The van der Waals surface area contributed by atoms with Crippen molar-refractivity contribution in [3.63, 3.8) is 0 Å². The zero-order valence-corrected chi connectivity index (χ0v) is 13.3. The molecule has 0 heterocycles. The maximum atomic E-state index is 7.53. The molecule has 0 fully saturated rings. The van der Waals surface area contributed by atoms with Crippen LogP contribution in [-0.4, -0.2) is 33.8 Å². The zero-order chi connectivity index (χ0) is 16.0. The third-order valence-electron chi connectivity index (χ3n) is 3.36. The van der Waals surface area contributed by atoms with Gasteiger partial charge in [-0.1, -0.05) is 13.8 Å². The Hall–Kier alpha value is -2.11. The summed E-state index contributed by atoms with van der Waals surface area (Å²) in [5, 5.41) is 7.53. The van der Waals surface area contributed by atoms with E-state index in [1.807, 2.05) is 13.8 Å². The van der Waals surface area contributed by atoms with Gasteiger partial charge in [-0.15, -0.1) is 0 Å². The molecule has 0 spiro atoms. The van der Waals surface area contributed by atoms with Crippen molar-refractivity contribution in [2.45, 2.75) is 20.3 Å². The van der Waals surface area contributed by atoms with Gasteiger partial charge in [0.2, 0.25) is 5.75 Å². The average molecular weight is 296 g/mol. The van der Waals surface area contributed by atoms with Crippen molar-refractivity contribution >= 4 is 5.84 Å². The van der Waals surface area contributed by atoms with Crippen LogP contribution in [0.1, 0.15) is 20.3 Å². The van der Waals surface area contributed by atoms with Crippen LogP contribution in [0.2, 0.25) is 0 Å². The largest absolute Gasteiger partial charge is 0.493 e. The molecule has 0 saturated heterocycles. The first-order valence-corrected chi connectivity index (χ1v) is 6.63. The van der Waals surface area contributed by atoms with Gasteiger partial charge >= 0.3 is 0 Å². The number of nitrogens with two attached hydrogens (primary N) is 1. The van der Waals surface area contributed by atoms with E-state index in [2.05, 4.69) is 0 Å². The topological polar surface area (TPSA) is 86.8 Å². The van der Waals surface area contributed by atoms with E-state index in [9.17, 15) is 0 Å². The van der Waals surface area contributed by atoms with Gasteiger partial charge in [-0.05, 0) is 6.42 Å². The van der Waals surface area contributed by atoms with Crippen molar-refractivity contribution in [2.75, 3.05) is 27.9 Å². The molecule has 0 aromatic heterocycles. The molecular formula is C15H24N2O4. The quantitative estimate of drug-likeness (QED) is 0.568. The molecule has 0 aliphatic rings. The van der Waals surface area contributed by atoms with Gasteiger partial charge in [0.15, 0.2) is 11.5 Å². The highest BCUT2D eigenvalue weighted by Gasteiger charge is 2.22. The Morgan fingerprint density at radius 3 is 2.00 bits per heavy atom. The molecule has 1 aromatic rings. The lowest BCUT2D eigenvalue weighted by atomic mass is 9.88. The fourth-order valence-corrected chi connectivity index (χ4v) is 1.70. The van der Waals surface area contributed by atoms with Crippen LogP contribution in [0.15, 0.2) is 12.1 Å². The molecule has 0 atom stereocenters. The lowest BCUT2D eigenvalue weighted by Crippen LogP contribution is -2.32. The van der Waals surface area contributed by atoms with E-state index in [4.69, 9.17) is 30.1 Å². The second-order valence-corrected chi connectivity index (χ2v) is 5.26. The van der Waals surface area contributed by atoms with Crippen LogP contribution in [-0.2, 0) is 0 Å². The van der Waals surface area contributed by atoms with E-state index in [1.54, 1.807) is 33.5 Å². The summed E-state index contributed by atoms with van der Waals surface area (Å²) >= 11 is 0. The third-order valence-corrected chi connectivity index (χ3v) is 3.36. The van der Waals surface area contributed by atoms with E-state index in [1.165, 1.54) is 0 Å². The molecular weight excluding hydrogens is 272 g/mol. The van der Waals surface area contributed by atoms with E-state index in [0.717, 1.165) is 0 Å². The number of methoxy groups -OCH3 is 3. The minimum absolute atomic E-state index is 0.149. The van der Waals surface area contributed by atoms with Crippen molar-refractivity contribution in [1.82, 2.24) is 0 Å². The van der Waals surface area contributed by atoms with Crippen LogP contribution in [0.3, 0.4) is 0 Å². The van der Waals surface area contributed by atoms with Crippen molar-refractivity contribution in [3.8, 4) is 23.0 Å². The molecule has 1 rings (SSSR count). The fourth-order valence-electron chi connectivity index (χ4n) is 1.70. The molecule has 21 heavy (non-hydrogen) atoms. The third kappa shape index (κ3) is 4.18. The Labute approximate surface area is 125 Å². The predicted molar refractivity (Wildman–Crippen MR) is 81.9 cm³/mol. The van der Waals surface area contributed by atoms with E-state index in [-0.39, 0.29) is 11.3 Å². The molecule has 3 N–H and O–H groups in total. The van der Waals surface area contributed by atoms with Crippen LogP contribution in [0.5, 0.6) is 23.0 Å². The number of nitrogens with one attached hydrogen (secondary N) is 1. The molecule has 0 radical (unpaired) electrons. The molecule has 0 amide bonds. The Morgan fingerprint density at radius 1 is 1.10 bits per heavy atom. The van der Waals surface area contributed by atoms with Crippen LogP contribution >= 0.6 is 0 Å². The van der Waals surface area contributed by atoms with Crippen LogP contribution in [0, 0.1) is 10.8 Å². The molecule has 1 aromatic carbocycles. The number of rotatable bonds is 8. The van der Waals surface area contributed by atoms with Gasteiger partial charge in [-0.25, -0.2) is 0 Å². The summed E-state index contributed by atoms with van der Waals surface area (Å²) in [4.78, 5) is 0. The summed E-state index contributed by atoms with van der Waals surface area (Å²) in [7, 11) is 4.66. The summed E-state index contributed by atoms with van der Waals surface area (Å²) in [5.74, 6) is 2.37. The Kier molecular flexibility index (Phi) is 5.69. The van der Waals surface area contributed by atoms with Gasteiger partial charge in [0, 0.05) is 17.5 Å². The normalized spacial score (nSPS) is 10.9. The fraction of sp³-hybridized carbons (Fsp3) is 0.533. The molecule has 118 valence electrons. The minimum Gasteiger partial charge on any atom is -0.493 e. The molecule has 0 aliphatic heterocycles. The maximum absolute atomic E-state index is 7.53. The van der Waals surface area contributed by atoms with Crippen LogP contribution in [0.4, 0.5) is 0 Å². The van der Waals surface area contributed by atoms with Gasteiger partial charge < -0.3 is 24.7 Å². The molecule has 6 nitrogen and oxygen atoms in total. The number of hydrogen-bond acceptors (Lipinski definition) is 5. The first kappa shape index (κ1) is 16.9. The molecule has 6 heteroatoms. The number of amidine groups is 1. The standard InChI is InChI=1S/C15H24N2O4/c1-15(2,14(16)17)6-7-21-10-8-11(18-3)13(20-5)12(9-10)19-4/h8-9H,6-7H2,1-5H3,(H3,16,17). The molecule has 0 bridgehead atoms. The Balaban J connectivity index is 2.83. The number of ether oxygens (including phenoxy) is 4. The van der Waals surface area contributed by atoms with E-state index < -0.39 is 0 Å². The van der Waals surface area contributed by atoms with E-state index >= 15 is 0 Å². The van der Waals surface area contributed by atoms with Gasteiger partial charge in [-0.2, -0.15) is 0 Å². The van der Waals surface area contributed by atoms with Crippen LogP contribution in [0.25, 0.3) is 0 Å². The SMILES string of the molecule is COc1cc(OCCC(C)(C)C(=N)N)cc(OC)c1OC. The summed E-state index contributed by atoms with van der Waals surface area (Å²) in [5.41, 5.74) is 5.16. The minimum atomic E-state index is -0.388. The first-order valence-electron chi connectivity index (χ1n) is 6.63. The van der Waals surface area contributed by atoms with Gasteiger partial charge in [0.1, 0.15) is 5.75 Å². The van der Waals surface area contributed by atoms with Crippen molar-refractivity contribution in [3.05, 3.63) is 12.1 Å². The van der Waals surface area contributed by atoms with Crippen molar-refractivity contribution in [1.29, 1.82) is 5.41 Å². The smallest absolute Gasteiger partial charge is 0.203 e. The predicted octanol–water partition coefficient (Wildman–Crippen LogP) is 2.44. The summed E-state index contributed by atoms with van der Waals surface area (Å²) in [6.45, 7) is 4.26. The monoisotopic (exact) mass is 296 g/mol. The summed E-state index contributed by atoms with van der Waals surface area (Å²) < 4.78 is 21.5. The summed E-state index contributed by atoms with van der Waals surface area (Å²) in [6.07, 6.45) is 0.638. The van der Waals surface area contributed by atoms with Crippen molar-refractivity contribution < 1.29 is 18.9 Å². The Morgan fingerprint density at radius 2 is 1.62 bits per heavy atom. The lowest BCUT2D eigenvalue weighted by Gasteiger charge is -2.23. The molecule has 0 aliphatic carbocycles. The second-order valence-electron chi connectivity index (χ2n) is 5.26.